The predicted molar refractivity (Wildman–Crippen MR) is 88.0 cm³/mol. The number of rotatable bonds is 6. The maximum atomic E-state index is 6.09. The van der Waals surface area contributed by atoms with Crippen LogP contribution >= 0.6 is 34.5 Å². The number of nitrogens with one attached hydrogen (secondary N) is 1. The minimum absolute atomic E-state index is 0.284. The third kappa shape index (κ3) is 3.95. The lowest BCUT2D eigenvalue weighted by Gasteiger charge is -2.20. The second kappa shape index (κ2) is 7.41. The summed E-state index contributed by atoms with van der Waals surface area (Å²) in [5.74, 6) is 0.409. The zero-order valence-corrected chi connectivity index (χ0v) is 13.9. The molecule has 0 aliphatic heterocycles. The minimum Gasteiger partial charge on any atom is -0.309 e. The molecule has 0 amide bonds. The molecule has 0 saturated carbocycles. The van der Waals surface area contributed by atoms with Gasteiger partial charge in [0, 0.05) is 30.1 Å². The number of halogens is 2. The molecular formula is C15H18Cl2N2S. The second-order valence-electron chi connectivity index (χ2n) is 4.81. The van der Waals surface area contributed by atoms with Gasteiger partial charge in [-0.05, 0) is 24.1 Å². The van der Waals surface area contributed by atoms with Crippen LogP contribution in [-0.4, -0.2) is 11.5 Å². The summed E-state index contributed by atoms with van der Waals surface area (Å²) >= 11 is 13.8. The fourth-order valence-corrected chi connectivity index (χ4v) is 3.12. The van der Waals surface area contributed by atoms with Crippen molar-refractivity contribution in [2.45, 2.75) is 32.2 Å². The predicted octanol–water partition coefficient (Wildman–Crippen LogP) is 5.29. The molecule has 0 spiro atoms. The summed E-state index contributed by atoms with van der Waals surface area (Å²) in [7, 11) is 0. The summed E-state index contributed by atoms with van der Waals surface area (Å²) < 4.78 is 0. The quantitative estimate of drug-likeness (QED) is 0.778. The van der Waals surface area contributed by atoms with Crippen LogP contribution in [0.15, 0.2) is 29.8 Å². The summed E-state index contributed by atoms with van der Waals surface area (Å²) in [4.78, 5) is 4.36. The van der Waals surface area contributed by atoms with Crippen molar-refractivity contribution in [1.29, 1.82) is 0 Å². The molecule has 2 rings (SSSR count). The van der Waals surface area contributed by atoms with E-state index < -0.39 is 0 Å². The SMILES string of the molecule is CCC(NCC(C)c1nccs1)c1ccc(Cl)c(Cl)c1. The van der Waals surface area contributed by atoms with Crippen LogP contribution in [0, 0.1) is 0 Å². The third-order valence-electron chi connectivity index (χ3n) is 3.30. The molecule has 0 aliphatic carbocycles. The van der Waals surface area contributed by atoms with Gasteiger partial charge in [-0.15, -0.1) is 11.3 Å². The van der Waals surface area contributed by atoms with Crippen LogP contribution in [-0.2, 0) is 0 Å². The largest absolute Gasteiger partial charge is 0.309 e. The Bertz CT molecular complexity index is 543. The average molecular weight is 329 g/mol. The molecule has 2 unspecified atom stereocenters. The lowest BCUT2D eigenvalue weighted by Crippen LogP contribution is -2.25. The van der Waals surface area contributed by atoms with E-state index in [-0.39, 0.29) is 6.04 Å². The van der Waals surface area contributed by atoms with Gasteiger partial charge in [-0.3, -0.25) is 0 Å². The van der Waals surface area contributed by atoms with E-state index in [0.717, 1.165) is 13.0 Å². The van der Waals surface area contributed by atoms with Crippen LogP contribution in [0.3, 0.4) is 0 Å². The fraction of sp³-hybridized carbons (Fsp3) is 0.400. The minimum atomic E-state index is 0.284. The normalized spacial score (nSPS) is 14.2. The van der Waals surface area contributed by atoms with Gasteiger partial charge in [0.15, 0.2) is 0 Å². The van der Waals surface area contributed by atoms with Gasteiger partial charge >= 0.3 is 0 Å². The number of nitrogens with zero attached hydrogens (tertiary/aromatic N) is 1. The molecule has 5 heteroatoms. The van der Waals surface area contributed by atoms with E-state index in [4.69, 9.17) is 23.2 Å². The Kier molecular flexibility index (Phi) is 5.85. The Balaban J connectivity index is 2.00. The topological polar surface area (TPSA) is 24.9 Å². The molecular weight excluding hydrogens is 311 g/mol. The number of hydrogen-bond acceptors (Lipinski definition) is 3. The summed E-state index contributed by atoms with van der Waals surface area (Å²) in [5.41, 5.74) is 1.17. The first-order valence-corrected chi connectivity index (χ1v) is 8.33. The van der Waals surface area contributed by atoms with Gasteiger partial charge in [-0.25, -0.2) is 4.98 Å². The van der Waals surface area contributed by atoms with Crippen molar-refractivity contribution < 1.29 is 0 Å². The van der Waals surface area contributed by atoms with Gasteiger partial charge in [0.25, 0.3) is 0 Å². The zero-order valence-electron chi connectivity index (χ0n) is 11.6. The van der Waals surface area contributed by atoms with Gasteiger partial charge in [0.2, 0.25) is 0 Å². The molecule has 0 fully saturated rings. The number of benzene rings is 1. The van der Waals surface area contributed by atoms with Crippen molar-refractivity contribution in [1.82, 2.24) is 10.3 Å². The molecule has 0 saturated heterocycles. The first-order chi connectivity index (χ1) is 9.61. The Morgan fingerprint density at radius 3 is 2.70 bits per heavy atom. The maximum Gasteiger partial charge on any atom is 0.0965 e. The lowest BCUT2D eigenvalue weighted by atomic mass is 10.0. The van der Waals surface area contributed by atoms with Crippen LogP contribution in [0.5, 0.6) is 0 Å². The molecule has 1 aromatic heterocycles. The second-order valence-corrected chi connectivity index (χ2v) is 6.55. The van der Waals surface area contributed by atoms with E-state index in [1.54, 1.807) is 11.3 Å². The molecule has 1 heterocycles. The molecule has 2 nitrogen and oxygen atoms in total. The molecule has 0 bridgehead atoms. The highest BCUT2D eigenvalue weighted by Crippen LogP contribution is 2.27. The van der Waals surface area contributed by atoms with Crippen molar-refractivity contribution in [3.05, 3.63) is 50.4 Å². The summed E-state index contributed by atoms with van der Waals surface area (Å²) in [6.07, 6.45) is 2.86. The van der Waals surface area contributed by atoms with Crippen molar-refractivity contribution in [3.8, 4) is 0 Å². The van der Waals surface area contributed by atoms with Crippen LogP contribution < -0.4 is 5.32 Å². The van der Waals surface area contributed by atoms with Crippen molar-refractivity contribution in [3.63, 3.8) is 0 Å². The Labute approximate surface area is 134 Å². The highest BCUT2D eigenvalue weighted by molar-refractivity contribution is 7.09. The molecule has 0 aliphatic rings. The standard InChI is InChI=1S/C15H18Cl2N2S/c1-3-14(11-4-5-12(16)13(17)8-11)19-9-10(2)15-18-6-7-20-15/h4-8,10,14,19H,3,9H2,1-2H3. The van der Waals surface area contributed by atoms with Crippen molar-refractivity contribution >= 4 is 34.5 Å². The zero-order chi connectivity index (χ0) is 14.5. The number of hydrogen-bond donors (Lipinski definition) is 1. The van der Waals surface area contributed by atoms with Gasteiger partial charge in [-0.1, -0.05) is 43.1 Å². The van der Waals surface area contributed by atoms with E-state index in [1.807, 2.05) is 29.8 Å². The Morgan fingerprint density at radius 1 is 1.30 bits per heavy atom. The lowest BCUT2D eigenvalue weighted by molar-refractivity contribution is 0.494. The van der Waals surface area contributed by atoms with Gasteiger partial charge in [0.1, 0.15) is 0 Å². The Hall–Kier alpha value is -0.610. The molecule has 1 aromatic carbocycles. The smallest absolute Gasteiger partial charge is 0.0965 e. The van der Waals surface area contributed by atoms with E-state index in [9.17, 15) is 0 Å². The molecule has 20 heavy (non-hydrogen) atoms. The monoisotopic (exact) mass is 328 g/mol. The first-order valence-electron chi connectivity index (χ1n) is 6.69. The van der Waals surface area contributed by atoms with E-state index in [1.165, 1.54) is 10.6 Å². The van der Waals surface area contributed by atoms with Crippen molar-refractivity contribution in [2.24, 2.45) is 0 Å². The molecule has 2 aromatic rings. The maximum absolute atomic E-state index is 6.09. The summed E-state index contributed by atoms with van der Waals surface area (Å²) in [6, 6.07) is 6.11. The fourth-order valence-electron chi connectivity index (χ4n) is 2.11. The van der Waals surface area contributed by atoms with Crippen LogP contribution in [0.25, 0.3) is 0 Å². The van der Waals surface area contributed by atoms with Crippen LogP contribution in [0.4, 0.5) is 0 Å². The molecule has 1 N–H and O–H groups in total. The van der Waals surface area contributed by atoms with Crippen LogP contribution in [0.2, 0.25) is 10.0 Å². The highest BCUT2D eigenvalue weighted by atomic mass is 35.5. The van der Waals surface area contributed by atoms with E-state index >= 15 is 0 Å². The van der Waals surface area contributed by atoms with Gasteiger partial charge in [0.05, 0.1) is 15.1 Å². The molecule has 0 radical (unpaired) electrons. The van der Waals surface area contributed by atoms with E-state index in [2.05, 4.69) is 24.1 Å². The molecule has 2 atom stereocenters. The van der Waals surface area contributed by atoms with Gasteiger partial charge < -0.3 is 5.32 Å². The van der Waals surface area contributed by atoms with Crippen LogP contribution in [0.1, 0.15) is 42.8 Å². The Morgan fingerprint density at radius 2 is 2.10 bits per heavy atom. The summed E-state index contributed by atoms with van der Waals surface area (Å²) in [6.45, 7) is 5.24. The molecule has 108 valence electrons. The average Bonchev–Trinajstić information content (AvgIpc) is 2.97. The van der Waals surface area contributed by atoms with E-state index in [0.29, 0.717) is 16.0 Å². The summed E-state index contributed by atoms with van der Waals surface area (Å²) in [5, 5.41) is 7.98. The first kappa shape index (κ1) is 15.8. The highest BCUT2D eigenvalue weighted by Gasteiger charge is 2.14. The number of thiazole rings is 1. The third-order valence-corrected chi connectivity index (χ3v) is 5.04. The van der Waals surface area contributed by atoms with Crippen molar-refractivity contribution in [2.75, 3.05) is 6.54 Å². The number of aromatic nitrogens is 1. The van der Waals surface area contributed by atoms with Gasteiger partial charge in [-0.2, -0.15) is 0 Å².